The van der Waals surface area contributed by atoms with E-state index in [1.807, 2.05) is 24.3 Å². The zero-order chi connectivity index (χ0) is 9.68. The topological polar surface area (TPSA) is 52.0 Å². The molecule has 3 heteroatoms. The molecule has 0 amide bonds. The Labute approximate surface area is 83.2 Å². The standard InChI is InChI=1S/C10H13ClN2/c11-9-5-4-8(7-10(9)13)3-1-2-6-12/h1,3-5,7H,2,6,12-13H2. The van der Waals surface area contributed by atoms with E-state index in [1.54, 1.807) is 6.07 Å². The molecule has 0 saturated carbocycles. The summed E-state index contributed by atoms with van der Waals surface area (Å²) in [7, 11) is 0. The van der Waals surface area contributed by atoms with E-state index in [0.717, 1.165) is 12.0 Å². The van der Waals surface area contributed by atoms with E-state index < -0.39 is 0 Å². The molecule has 0 aliphatic rings. The number of benzene rings is 1. The SMILES string of the molecule is NCCC=Cc1ccc(Cl)c(N)c1. The van der Waals surface area contributed by atoms with Gasteiger partial charge < -0.3 is 11.5 Å². The maximum atomic E-state index is 5.77. The van der Waals surface area contributed by atoms with Crippen molar-refractivity contribution < 1.29 is 0 Å². The van der Waals surface area contributed by atoms with Crippen LogP contribution in [0.5, 0.6) is 0 Å². The third kappa shape index (κ3) is 3.09. The minimum Gasteiger partial charge on any atom is -0.398 e. The third-order valence-corrected chi connectivity index (χ3v) is 2.01. The lowest BCUT2D eigenvalue weighted by atomic mass is 10.2. The Kier molecular flexibility index (Phi) is 3.80. The van der Waals surface area contributed by atoms with Crippen LogP contribution in [0.2, 0.25) is 5.02 Å². The molecule has 70 valence electrons. The van der Waals surface area contributed by atoms with Crippen LogP contribution in [0.15, 0.2) is 24.3 Å². The van der Waals surface area contributed by atoms with Crippen LogP contribution in [-0.2, 0) is 0 Å². The lowest BCUT2D eigenvalue weighted by Crippen LogP contribution is -1.95. The highest BCUT2D eigenvalue weighted by Crippen LogP contribution is 2.20. The maximum Gasteiger partial charge on any atom is 0.0635 e. The summed E-state index contributed by atoms with van der Waals surface area (Å²) in [5.74, 6) is 0. The zero-order valence-corrected chi connectivity index (χ0v) is 8.09. The van der Waals surface area contributed by atoms with E-state index in [2.05, 4.69) is 0 Å². The second-order valence-corrected chi connectivity index (χ2v) is 3.17. The predicted octanol–water partition coefficient (Wildman–Crippen LogP) is 2.28. The van der Waals surface area contributed by atoms with Crippen molar-refractivity contribution in [3.05, 3.63) is 34.9 Å². The quantitative estimate of drug-likeness (QED) is 0.729. The summed E-state index contributed by atoms with van der Waals surface area (Å²) in [6.45, 7) is 0.666. The highest BCUT2D eigenvalue weighted by molar-refractivity contribution is 6.33. The first-order valence-corrected chi connectivity index (χ1v) is 4.53. The van der Waals surface area contributed by atoms with Crippen LogP contribution in [0.25, 0.3) is 6.08 Å². The van der Waals surface area contributed by atoms with Crippen molar-refractivity contribution in [3.63, 3.8) is 0 Å². The molecule has 0 radical (unpaired) electrons. The number of nitrogen functional groups attached to an aromatic ring is 1. The molecule has 0 aromatic heterocycles. The second-order valence-electron chi connectivity index (χ2n) is 2.76. The van der Waals surface area contributed by atoms with Crippen LogP contribution < -0.4 is 11.5 Å². The van der Waals surface area contributed by atoms with Gasteiger partial charge in [0.15, 0.2) is 0 Å². The fourth-order valence-electron chi connectivity index (χ4n) is 0.982. The summed E-state index contributed by atoms with van der Waals surface area (Å²) >= 11 is 5.77. The Balaban J connectivity index is 2.73. The molecule has 0 aliphatic carbocycles. The van der Waals surface area contributed by atoms with E-state index in [-0.39, 0.29) is 0 Å². The first-order valence-electron chi connectivity index (χ1n) is 4.15. The van der Waals surface area contributed by atoms with Crippen molar-refractivity contribution >= 4 is 23.4 Å². The molecule has 4 N–H and O–H groups in total. The van der Waals surface area contributed by atoms with Crippen LogP contribution in [-0.4, -0.2) is 6.54 Å². The molecule has 0 atom stereocenters. The molecule has 0 fully saturated rings. The number of rotatable bonds is 3. The number of hydrogen-bond donors (Lipinski definition) is 2. The summed E-state index contributed by atoms with van der Waals surface area (Å²) in [4.78, 5) is 0. The third-order valence-electron chi connectivity index (χ3n) is 1.66. The lowest BCUT2D eigenvalue weighted by Gasteiger charge is -1.98. The van der Waals surface area contributed by atoms with Crippen LogP contribution in [0.4, 0.5) is 5.69 Å². The fraction of sp³-hybridized carbons (Fsp3) is 0.200. The molecule has 0 saturated heterocycles. The molecular weight excluding hydrogens is 184 g/mol. The molecule has 0 spiro atoms. The van der Waals surface area contributed by atoms with Crippen LogP contribution in [0.1, 0.15) is 12.0 Å². The average Bonchev–Trinajstić information content (AvgIpc) is 2.12. The normalized spacial score (nSPS) is 10.9. The molecular formula is C10H13ClN2. The Hall–Kier alpha value is -0.990. The number of hydrogen-bond acceptors (Lipinski definition) is 2. The van der Waals surface area contributed by atoms with Crippen molar-refractivity contribution in [1.29, 1.82) is 0 Å². The van der Waals surface area contributed by atoms with Gasteiger partial charge in [-0.2, -0.15) is 0 Å². The van der Waals surface area contributed by atoms with Gasteiger partial charge in [-0.25, -0.2) is 0 Å². The zero-order valence-electron chi connectivity index (χ0n) is 7.33. The largest absolute Gasteiger partial charge is 0.398 e. The smallest absolute Gasteiger partial charge is 0.0635 e. The molecule has 1 aromatic rings. The van der Waals surface area contributed by atoms with Crippen LogP contribution >= 0.6 is 11.6 Å². The van der Waals surface area contributed by atoms with Gasteiger partial charge in [-0.15, -0.1) is 0 Å². The van der Waals surface area contributed by atoms with Gasteiger partial charge in [-0.05, 0) is 30.7 Å². The minimum atomic E-state index is 0.593. The van der Waals surface area contributed by atoms with Crippen molar-refractivity contribution in [1.82, 2.24) is 0 Å². The van der Waals surface area contributed by atoms with Crippen molar-refractivity contribution in [2.75, 3.05) is 12.3 Å². The van der Waals surface area contributed by atoms with Gasteiger partial charge in [0.05, 0.1) is 10.7 Å². The molecule has 0 unspecified atom stereocenters. The van der Waals surface area contributed by atoms with Crippen molar-refractivity contribution in [2.45, 2.75) is 6.42 Å². The van der Waals surface area contributed by atoms with Gasteiger partial charge in [-0.1, -0.05) is 29.8 Å². The van der Waals surface area contributed by atoms with Crippen molar-refractivity contribution in [2.24, 2.45) is 5.73 Å². The molecule has 0 bridgehead atoms. The highest BCUT2D eigenvalue weighted by atomic mass is 35.5. The van der Waals surface area contributed by atoms with E-state index in [4.69, 9.17) is 23.1 Å². The van der Waals surface area contributed by atoms with Crippen molar-refractivity contribution in [3.8, 4) is 0 Å². The average molecular weight is 197 g/mol. The fourth-order valence-corrected chi connectivity index (χ4v) is 1.10. The summed E-state index contributed by atoms with van der Waals surface area (Å²) in [6.07, 6.45) is 4.88. The molecule has 13 heavy (non-hydrogen) atoms. The Morgan fingerprint density at radius 1 is 1.38 bits per heavy atom. The number of nitrogens with two attached hydrogens (primary N) is 2. The first kappa shape index (κ1) is 10.1. The first-order chi connectivity index (χ1) is 6.24. The van der Waals surface area contributed by atoms with Gasteiger partial charge in [0.25, 0.3) is 0 Å². The molecule has 1 rings (SSSR count). The van der Waals surface area contributed by atoms with Crippen LogP contribution in [0, 0.1) is 0 Å². The van der Waals surface area contributed by atoms with Gasteiger partial charge in [-0.3, -0.25) is 0 Å². The van der Waals surface area contributed by atoms with Gasteiger partial charge in [0.2, 0.25) is 0 Å². The highest BCUT2D eigenvalue weighted by Gasteiger charge is 1.94. The Morgan fingerprint density at radius 3 is 2.77 bits per heavy atom. The Morgan fingerprint density at radius 2 is 2.15 bits per heavy atom. The molecule has 0 aliphatic heterocycles. The van der Waals surface area contributed by atoms with E-state index in [9.17, 15) is 0 Å². The predicted molar refractivity (Wildman–Crippen MR) is 58.6 cm³/mol. The summed E-state index contributed by atoms with van der Waals surface area (Å²) in [5, 5.41) is 0.593. The van der Waals surface area contributed by atoms with Gasteiger partial charge in [0, 0.05) is 0 Å². The monoisotopic (exact) mass is 196 g/mol. The lowest BCUT2D eigenvalue weighted by molar-refractivity contribution is 1.01. The van der Waals surface area contributed by atoms with E-state index in [1.165, 1.54) is 0 Å². The summed E-state index contributed by atoms with van der Waals surface area (Å²) in [5.41, 5.74) is 12.6. The second kappa shape index (κ2) is 4.90. The maximum absolute atomic E-state index is 5.77. The minimum absolute atomic E-state index is 0.593. The number of halogens is 1. The molecule has 1 aromatic carbocycles. The van der Waals surface area contributed by atoms with Gasteiger partial charge >= 0.3 is 0 Å². The Bertz CT molecular complexity index is 308. The van der Waals surface area contributed by atoms with E-state index >= 15 is 0 Å². The van der Waals surface area contributed by atoms with Gasteiger partial charge in [0.1, 0.15) is 0 Å². The molecule has 2 nitrogen and oxygen atoms in total. The molecule has 0 heterocycles. The van der Waals surface area contributed by atoms with Crippen LogP contribution in [0.3, 0.4) is 0 Å². The van der Waals surface area contributed by atoms with E-state index in [0.29, 0.717) is 17.3 Å². The number of anilines is 1. The summed E-state index contributed by atoms with van der Waals surface area (Å²) < 4.78 is 0. The summed E-state index contributed by atoms with van der Waals surface area (Å²) in [6, 6.07) is 5.56.